The molecule has 1 saturated heterocycles. The molecule has 0 radical (unpaired) electrons. The van der Waals surface area contributed by atoms with Gasteiger partial charge < -0.3 is 16.0 Å². The molecule has 8 nitrogen and oxygen atoms in total. The zero-order chi connectivity index (χ0) is 20.1. The SMILES string of the molecule is NC(=O)NCC(=O)N1CCN(S(=O)(=O)c2ccc(C3CCCCC3)cc2)CC1. The lowest BCUT2D eigenvalue weighted by Gasteiger charge is -2.34. The molecule has 1 saturated carbocycles. The quantitative estimate of drug-likeness (QED) is 0.763. The van der Waals surface area contributed by atoms with Gasteiger partial charge >= 0.3 is 6.03 Å². The Morgan fingerprint density at radius 3 is 2.18 bits per heavy atom. The molecule has 0 bridgehead atoms. The van der Waals surface area contributed by atoms with Gasteiger partial charge in [-0.25, -0.2) is 13.2 Å². The summed E-state index contributed by atoms with van der Waals surface area (Å²) in [6, 6.07) is 6.53. The molecule has 0 unspecified atom stereocenters. The van der Waals surface area contributed by atoms with Gasteiger partial charge in [0.25, 0.3) is 0 Å². The minimum atomic E-state index is -3.58. The Kier molecular flexibility index (Phi) is 6.56. The number of nitrogens with two attached hydrogens (primary N) is 1. The second-order valence-corrected chi connectivity index (χ2v) is 9.34. The monoisotopic (exact) mass is 408 g/mol. The fraction of sp³-hybridized carbons (Fsp3) is 0.579. The number of amides is 3. The molecule has 1 aromatic carbocycles. The van der Waals surface area contributed by atoms with Gasteiger partial charge in [0, 0.05) is 26.2 Å². The van der Waals surface area contributed by atoms with Crippen LogP contribution in [0, 0.1) is 0 Å². The van der Waals surface area contributed by atoms with E-state index >= 15 is 0 Å². The summed E-state index contributed by atoms with van der Waals surface area (Å²) in [5, 5.41) is 2.26. The van der Waals surface area contributed by atoms with Crippen molar-refractivity contribution in [3.63, 3.8) is 0 Å². The first-order valence-corrected chi connectivity index (χ1v) is 11.2. The Hall–Kier alpha value is -2.13. The molecule has 0 spiro atoms. The van der Waals surface area contributed by atoms with Crippen LogP contribution in [-0.2, 0) is 14.8 Å². The molecule has 3 rings (SSSR count). The van der Waals surface area contributed by atoms with Gasteiger partial charge in [-0.1, -0.05) is 31.4 Å². The number of carbonyl (C=O) groups is 2. The van der Waals surface area contributed by atoms with E-state index in [2.05, 4.69) is 5.32 Å². The molecule has 0 atom stereocenters. The van der Waals surface area contributed by atoms with Crippen LogP contribution in [0.3, 0.4) is 0 Å². The first-order valence-electron chi connectivity index (χ1n) is 9.79. The number of rotatable bonds is 5. The molecule has 1 aliphatic heterocycles. The van der Waals surface area contributed by atoms with Crippen LogP contribution in [-0.4, -0.2) is 62.3 Å². The maximum absolute atomic E-state index is 12.9. The first kappa shape index (κ1) is 20.6. The van der Waals surface area contributed by atoms with E-state index in [1.165, 1.54) is 46.9 Å². The number of nitrogens with one attached hydrogen (secondary N) is 1. The Labute approximate surface area is 166 Å². The summed E-state index contributed by atoms with van der Waals surface area (Å²) < 4.78 is 27.2. The maximum atomic E-state index is 12.9. The van der Waals surface area contributed by atoms with Gasteiger partial charge in [-0.2, -0.15) is 4.31 Å². The number of nitrogens with zero attached hydrogens (tertiary/aromatic N) is 2. The van der Waals surface area contributed by atoms with Crippen LogP contribution in [0.4, 0.5) is 4.79 Å². The van der Waals surface area contributed by atoms with Crippen molar-refractivity contribution in [2.24, 2.45) is 5.73 Å². The van der Waals surface area contributed by atoms with Gasteiger partial charge in [-0.05, 0) is 36.5 Å². The standard InChI is InChI=1S/C19H28N4O4S/c20-19(25)21-14-18(24)22-10-12-23(13-11-22)28(26,27)17-8-6-16(7-9-17)15-4-2-1-3-5-15/h6-9,15H,1-5,10-14H2,(H3,20,21,25). The van der Waals surface area contributed by atoms with E-state index in [1.54, 1.807) is 12.1 Å². The van der Waals surface area contributed by atoms with Crippen LogP contribution in [0.1, 0.15) is 43.6 Å². The normalized spacial score (nSPS) is 19.4. The number of hydrogen-bond donors (Lipinski definition) is 2. The Morgan fingerprint density at radius 1 is 1.00 bits per heavy atom. The molecule has 3 amide bonds. The molecule has 3 N–H and O–H groups in total. The predicted octanol–water partition coefficient (Wildman–Crippen LogP) is 1.24. The number of primary amides is 1. The van der Waals surface area contributed by atoms with Crippen LogP contribution in [0.15, 0.2) is 29.2 Å². The fourth-order valence-electron chi connectivity index (χ4n) is 3.95. The Balaban J connectivity index is 1.59. The molecule has 28 heavy (non-hydrogen) atoms. The summed E-state index contributed by atoms with van der Waals surface area (Å²) in [5.74, 6) is 0.266. The zero-order valence-corrected chi connectivity index (χ0v) is 16.8. The van der Waals surface area contributed by atoms with E-state index in [4.69, 9.17) is 5.73 Å². The lowest BCUT2D eigenvalue weighted by Crippen LogP contribution is -2.52. The van der Waals surface area contributed by atoms with E-state index in [1.807, 2.05) is 12.1 Å². The predicted molar refractivity (Wildman–Crippen MR) is 105 cm³/mol. The summed E-state index contributed by atoms with van der Waals surface area (Å²) in [4.78, 5) is 24.5. The third-order valence-corrected chi connectivity index (χ3v) is 7.51. The van der Waals surface area contributed by atoms with Crippen molar-refractivity contribution in [3.05, 3.63) is 29.8 Å². The van der Waals surface area contributed by atoms with Crippen molar-refractivity contribution >= 4 is 22.0 Å². The number of urea groups is 1. The van der Waals surface area contributed by atoms with Crippen molar-refractivity contribution in [1.29, 1.82) is 0 Å². The maximum Gasteiger partial charge on any atom is 0.312 e. The van der Waals surface area contributed by atoms with Crippen molar-refractivity contribution in [1.82, 2.24) is 14.5 Å². The molecule has 1 aromatic rings. The average Bonchev–Trinajstić information content (AvgIpc) is 2.73. The average molecular weight is 409 g/mol. The fourth-order valence-corrected chi connectivity index (χ4v) is 5.37. The van der Waals surface area contributed by atoms with E-state index in [0.717, 1.165) is 0 Å². The van der Waals surface area contributed by atoms with Gasteiger partial charge in [0.2, 0.25) is 15.9 Å². The Bertz CT molecular complexity index is 796. The van der Waals surface area contributed by atoms with Crippen LogP contribution < -0.4 is 11.1 Å². The van der Waals surface area contributed by atoms with Crippen molar-refractivity contribution in [2.75, 3.05) is 32.7 Å². The summed E-state index contributed by atoms with van der Waals surface area (Å²) in [7, 11) is -3.58. The molecule has 9 heteroatoms. The highest BCUT2D eigenvalue weighted by atomic mass is 32.2. The highest BCUT2D eigenvalue weighted by molar-refractivity contribution is 7.89. The van der Waals surface area contributed by atoms with Gasteiger partial charge in [0.15, 0.2) is 0 Å². The molecule has 0 aromatic heterocycles. The minimum absolute atomic E-state index is 0.176. The second-order valence-electron chi connectivity index (χ2n) is 7.41. The lowest BCUT2D eigenvalue weighted by molar-refractivity contribution is -0.131. The topological polar surface area (TPSA) is 113 Å². The first-order chi connectivity index (χ1) is 13.4. The molecular weight excluding hydrogens is 380 g/mol. The van der Waals surface area contributed by atoms with Crippen molar-refractivity contribution < 1.29 is 18.0 Å². The zero-order valence-electron chi connectivity index (χ0n) is 16.0. The summed E-state index contributed by atoms with van der Waals surface area (Å²) in [6.07, 6.45) is 6.11. The summed E-state index contributed by atoms with van der Waals surface area (Å²) in [6.45, 7) is 0.867. The van der Waals surface area contributed by atoms with E-state index in [9.17, 15) is 18.0 Å². The lowest BCUT2D eigenvalue weighted by atomic mass is 9.84. The highest BCUT2D eigenvalue weighted by Gasteiger charge is 2.30. The highest BCUT2D eigenvalue weighted by Crippen LogP contribution is 2.33. The van der Waals surface area contributed by atoms with Gasteiger partial charge in [-0.15, -0.1) is 0 Å². The Morgan fingerprint density at radius 2 is 1.61 bits per heavy atom. The molecule has 2 aliphatic rings. The third-order valence-electron chi connectivity index (χ3n) is 5.60. The second kappa shape index (κ2) is 8.91. The smallest absolute Gasteiger partial charge is 0.312 e. The summed E-state index contributed by atoms with van der Waals surface area (Å²) in [5.41, 5.74) is 6.18. The van der Waals surface area contributed by atoms with Gasteiger partial charge in [-0.3, -0.25) is 4.79 Å². The number of sulfonamides is 1. The number of hydrogen-bond acceptors (Lipinski definition) is 4. The van der Waals surface area contributed by atoms with Crippen molar-refractivity contribution in [2.45, 2.75) is 42.9 Å². The van der Waals surface area contributed by atoms with Crippen LogP contribution >= 0.6 is 0 Å². The molecule has 154 valence electrons. The number of piperazine rings is 1. The van der Waals surface area contributed by atoms with Crippen LogP contribution in [0.25, 0.3) is 0 Å². The van der Waals surface area contributed by atoms with Gasteiger partial charge in [0.1, 0.15) is 0 Å². The molecular formula is C19H28N4O4S. The van der Waals surface area contributed by atoms with Crippen LogP contribution in [0.2, 0.25) is 0 Å². The van der Waals surface area contributed by atoms with Gasteiger partial charge in [0.05, 0.1) is 11.4 Å². The summed E-state index contributed by atoms with van der Waals surface area (Å²) >= 11 is 0. The van der Waals surface area contributed by atoms with E-state index in [0.29, 0.717) is 23.9 Å². The third kappa shape index (κ3) is 4.82. The largest absolute Gasteiger partial charge is 0.352 e. The van der Waals surface area contributed by atoms with E-state index in [-0.39, 0.29) is 25.5 Å². The molecule has 2 fully saturated rings. The van der Waals surface area contributed by atoms with Crippen molar-refractivity contribution in [3.8, 4) is 0 Å². The van der Waals surface area contributed by atoms with E-state index < -0.39 is 16.1 Å². The molecule has 1 heterocycles. The number of carbonyl (C=O) groups excluding carboxylic acids is 2. The number of benzene rings is 1. The van der Waals surface area contributed by atoms with Crippen LogP contribution in [0.5, 0.6) is 0 Å². The minimum Gasteiger partial charge on any atom is -0.352 e. The molecule has 1 aliphatic carbocycles.